The number of anilines is 1. The summed E-state index contributed by atoms with van der Waals surface area (Å²) in [7, 11) is 0. The van der Waals surface area contributed by atoms with Crippen LogP contribution in [0.4, 0.5) is 5.82 Å². The van der Waals surface area contributed by atoms with Crippen LogP contribution >= 0.6 is 34.4 Å². The predicted molar refractivity (Wildman–Crippen MR) is 93.0 cm³/mol. The van der Waals surface area contributed by atoms with Crippen molar-refractivity contribution < 1.29 is 5.11 Å². The Balaban J connectivity index is 1.95. The van der Waals surface area contributed by atoms with Gasteiger partial charge in [0.25, 0.3) is 0 Å². The summed E-state index contributed by atoms with van der Waals surface area (Å²) in [4.78, 5) is 11.1. The lowest BCUT2D eigenvalue weighted by atomic mass is 10.2. The van der Waals surface area contributed by atoms with Gasteiger partial charge in [-0.3, -0.25) is 0 Å². The fourth-order valence-electron chi connectivity index (χ4n) is 1.96. The van der Waals surface area contributed by atoms with E-state index in [1.807, 2.05) is 13.0 Å². The first kappa shape index (κ1) is 14.8. The highest BCUT2D eigenvalue weighted by Gasteiger charge is 2.14. The fourth-order valence-corrected chi connectivity index (χ4v) is 4.42. The topological polar surface area (TPSA) is 72.0 Å². The van der Waals surface area contributed by atoms with Gasteiger partial charge >= 0.3 is 0 Å². The molecule has 3 aromatic heterocycles. The van der Waals surface area contributed by atoms with Crippen molar-refractivity contribution >= 4 is 50.5 Å². The summed E-state index contributed by atoms with van der Waals surface area (Å²) in [5.41, 5.74) is 7.26. The van der Waals surface area contributed by atoms with Gasteiger partial charge in [0.15, 0.2) is 0 Å². The summed E-state index contributed by atoms with van der Waals surface area (Å²) in [5.74, 6) is 1.93. The molecule has 3 N–H and O–H groups in total. The van der Waals surface area contributed by atoms with E-state index in [4.69, 9.17) is 10.8 Å². The summed E-state index contributed by atoms with van der Waals surface area (Å²) < 4.78 is 0. The monoisotopic (exact) mass is 337 g/mol. The third-order valence-corrected chi connectivity index (χ3v) is 5.97. The van der Waals surface area contributed by atoms with Gasteiger partial charge in [0.1, 0.15) is 16.5 Å². The minimum atomic E-state index is 0.157. The number of hydrogen-bond donors (Lipinski definition) is 2. The molecular weight excluding hydrogens is 322 g/mol. The van der Waals surface area contributed by atoms with E-state index in [0.717, 1.165) is 21.6 Å². The number of nitrogens with zero attached hydrogens (tertiary/aromatic N) is 2. The van der Waals surface area contributed by atoms with E-state index < -0.39 is 0 Å². The largest absolute Gasteiger partial charge is 0.395 e. The van der Waals surface area contributed by atoms with Crippen molar-refractivity contribution in [1.82, 2.24) is 9.97 Å². The second kappa shape index (κ2) is 6.31. The molecule has 4 nitrogen and oxygen atoms in total. The molecule has 0 spiro atoms. The van der Waals surface area contributed by atoms with Crippen molar-refractivity contribution in [3.05, 3.63) is 28.7 Å². The van der Waals surface area contributed by atoms with Crippen molar-refractivity contribution in [1.29, 1.82) is 0 Å². The molecule has 1 unspecified atom stereocenters. The fraction of sp³-hybridized carbons (Fsp3) is 0.286. The number of fused-ring (bicyclic) bond motifs is 1. The van der Waals surface area contributed by atoms with Crippen LogP contribution in [0.15, 0.2) is 22.9 Å². The highest BCUT2D eigenvalue weighted by molar-refractivity contribution is 7.99. The molecule has 3 aromatic rings. The van der Waals surface area contributed by atoms with Crippen LogP contribution < -0.4 is 5.73 Å². The maximum atomic E-state index is 9.06. The molecule has 0 saturated heterocycles. The smallest absolute Gasteiger partial charge is 0.142 e. The van der Waals surface area contributed by atoms with Crippen LogP contribution in [-0.2, 0) is 5.75 Å². The summed E-state index contributed by atoms with van der Waals surface area (Å²) in [5, 5.41) is 14.3. The Hall–Kier alpha value is -1.15. The quantitative estimate of drug-likeness (QED) is 0.744. The van der Waals surface area contributed by atoms with E-state index >= 15 is 0 Å². The van der Waals surface area contributed by atoms with Gasteiger partial charge in [0, 0.05) is 21.1 Å². The molecule has 0 aliphatic heterocycles. The van der Waals surface area contributed by atoms with Crippen LogP contribution in [0.25, 0.3) is 20.7 Å². The number of rotatable bonds is 5. The van der Waals surface area contributed by atoms with E-state index in [1.165, 1.54) is 4.88 Å². The van der Waals surface area contributed by atoms with Gasteiger partial charge < -0.3 is 10.8 Å². The molecule has 1 atom stereocenters. The van der Waals surface area contributed by atoms with Gasteiger partial charge in [-0.25, -0.2) is 9.97 Å². The third-order valence-electron chi connectivity index (χ3n) is 3.05. The van der Waals surface area contributed by atoms with Gasteiger partial charge in [0.2, 0.25) is 0 Å². The first-order valence-electron chi connectivity index (χ1n) is 6.49. The molecule has 7 heteroatoms. The van der Waals surface area contributed by atoms with Crippen molar-refractivity contribution in [2.24, 2.45) is 0 Å². The summed E-state index contributed by atoms with van der Waals surface area (Å²) in [6.07, 6.45) is 0. The number of thiophene rings is 2. The third kappa shape index (κ3) is 3.06. The van der Waals surface area contributed by atoms with Crippen LogP contribution in [0.1, 0.15) is 12.7 Å². The maximum Gasteiger partial charge on any atom is 0.142 e. The van der Waals surface area contributed by atoms with E-state index in [1.54, 1.807) is 34.4 Å². The standard InChI is InChI=1S/C14H15N3OS3/c1-8(5-18)20-7-11-16-13(15)12-9(6-21-14(12)17-11)10-3-2-4-19-10/h2-4,6,8,18H,5,7H2,1H3,(H2,15,16,17). The van der Waals surface area contributed by atoms with Crippen LogP contribution in [-0.4, -0.2) is 26.9 Å². The molecule has 0 bridgehead atoms. The van der Waals surface area contributed by atoms with Crippen LogP contribution in [0.5, 0.6) is 0 Å². The minimum absolute atomic E-state index is 0.157. The average Bonchev–Trinajstić information content (AvgIpc) is 3.13. The van der Waals surface area contributed by atoms with Crippen molar-refractivity contribution in [2.45, 2.75) is 17.9 Å². The van der Waals surface area contributed by atoms with E-state index in [0.29, 0.717) is 11.6 Å². The molecule has 0 amide bonds. The van der Waals surface area contributed by atoms with Crippen LogP contribution in [0.3, 0.4) is 0 Å². The predicted octanol–water partition coefficient (Wildman–Crippen LogP) is 3.62. The molecule has 0 aliphatic carbocycles. The SMILES string of the molecule is CC(CO)SCc1nc(N)c2c(-c3cccs3)csc2n1. The lowest BCUT2D eigenvalue weighted by molar-refractivity contribution is 0.300. The van der Waals surface area contributed by atoms with Crippen molar-refractivity contribution in [3.8, 4) is 10.4 Å². The number of aromatic nitrogens is 2. The average molecular weight is 337 g/mol. The number of nitrogens with two attached hydrogens (primary N) is 1. The molecule has 21 heavy (non-hydrogen) atoms. The molecule has 110 valence electrons. The van der Waals surface area contributed by atoms with E-state index in [9.17, 15) is 0 Å². The summed E-state index contributed by atoms with van der Waals surface area (Å²) >= 11 is 4.91. The molecule has 0 saturated carbocycles. The Kier molecular flexibility index (Phi) is 4.44. The summed E-state index contributed by atoms with van der Waals surface area (Å²) in [6, 6.07) is 4.11. The second-order valence-electron chi connectivity index (χ2n) is 4.64. The number of hydrogen-bond acceptors (Lipinski definition) is 7. The highest BCUT2D eigenvalue weighted by Crippen LogP contribution is 2.38. The highest BCUT2D eigenvalue weighted by atomic mass is 32.2. The Morgan fingerprint density at radius 2 is 2.24 bits per heavy atom. The zero-order chi connectivity index (χ0) is 14.8. The van der Waals surface area contributed by atoms with Gasteiger partial charge in [-0.1, -0.05) is 13.0 Å². The number of aliphatic hydroxyl groups is 1. The number of thioether (sulfide) groups is 1. The summed E-state index contributed by atoms with van der Waals surface area (Å²) in [6.45, 7) is 2.14. The van der Waals surface area contributed by atoms with Crippen LogP contribution in [0, 0.1) is 0 Å². The first-order chi connectivity index (χ1) is 10.2. The van der Waals surface area contributed by atoms with Gasteiger partial charge in [-0.05, 0) is 11.4 Å². The van der Waals surface area contributed by atoms with E-state index in [-0.39, 0.29) is 11.9 Å². The van der Waals surface area contributed by atoms with Gasteiger partial charge in [-0.2, -0.15) is 0 Å². The van der Waals surface area contributed by atoms with Gasteiger partial charge in [-0.15, -0.1) is 34.4 Å². The Morgan fingerprint density at radius 1 is 1.38 bits per heavy atom. The Bertz CT molecular complexity index is 739. The Labute approximate surface area is 135 Å². The van der Waals surface area contributed by atoms with E-state index in [2.05, 4.69) is 26.8 Å². The molecular formula is C14H15N3OS3. The minimum Gasteiger partial charge on any atom is -0.395 e. The number of nitrogen functional groups attached to an aromatic ring is 1. The normalized spacial score (nSPS) is 12.9. The van der Waals surface area contributed by atoms with Crippen LogP contribution in [0.2, 0.25) is 0 Å². The van der Waals surface area contributed by atoms with Crippen molar-refractivity contribution in [3.63, 3.8) is 0 Å². The Morgan fingerprint density at radius 3 is 2.95 bits per heavy atom. The lowest BCUT2D eigenvalue weighted by Gasteiger charge is -2.07. The lowest BCUT2D eigenvalue weighted by Crippen LogP contribution is -2.05. The molecule has 3 rings (SSSR count). The van der Waals surface area contributed by atoms with Gasteiger partial charge in [0.05, 0.1) is 17.7 Å². The molecule has 0 fully saturated rings. The molecule has 0 aliphatic rings. The first-order valence-corrected chi connectivity index (χ1v) is 9.29. The zero-order valence-corrected chi connectivity index (χ0v) is 13.9. The molecule has 3 heterocycles. The molecule has 0 aromatic carbocycles. The second-order valence-corrected chi connectivity index (χ2v) is 7.87. The zero-order valence-electron chi connectivity index (χ0n) is 11.4. The number of aliphatic hydroxyl groups excluding tert-OH is 1. The van der Waals surface area contributed by atoms with Crippen molar-refractivity contribution in [2.75, 3.05) is 12.3 Å². The maximum absolute atomic E-state index is 9.06. The molecule has 0 radical (unpaired) electrons.